The molecule has 1 aliphatic heterocycles. The van der Waals surface area contributed by atoms with E-state index in [0.717, 1.165) is 17.3 Å². The molecule has 6 nitrogen and oxygen atoms in total. The molecule has 0 atom stereocenters. The Bertz CT molecular complexity index is 1160. The number of aromatic nitrogens is 1. The third-order valence-electron chi connectivity index (χ3n) is 5.07. The first-order valence-corrected chi connectivity index (χ1v) is 11.2. The minimum absolute atomic E-state index is 0.132. The number of fused-ring (bicyclic) bond motifs is 1. The van der Waals surface area contributed by atoms with Crippen LogP contribution in [-0.2, 0) is 21.1 Å². The van der Waals surface area contributed by atoms with Gasteiger partial charge < -0.3 is 14.2 Å². The lowest BCUT2D eigenvalue weighted by Gasteiger charge is -2.27. The average Bonchev–Trinajstić information content (AvgIpc) is 3.07. The summed E-state index contributed by atoms with van der Waals surface area (Å²) < 4.78 is 44.4. The maximum absolute atomic E-state index is 13.3. The largest absolute Gasteiger partial charge is 0.378 e. The van der Waals surface area contributed by atoms with Gasteiger partial charge in [-0.1, -0.05) is 12.1 Å². The summed E-state index contributed by atoms with van der Waals surface area (Å²) in [6.45, 7) is 2.36. The number of halogens is 1. The van der Waals surface area contributed by atoms with Gasteiger partial charge in [0.05, 0.1) is 18.1 Å². The number of benzene rings is 2. The molecule has 1 aromatic heterocycles. The summed E-state index contributed by atoms with van der Waals surface area (Å²) in [6.07, 6.45) is 1.16. The molecule has 0 aliphatic carbocycles. The topological polar surface area (TPSA) is 68.6 Å². The third kappa shape index (κ3) is 4.04. The first-order valence-electron chi connectivity index (χ1n) is 9.28. The van der Waals surface area contributed by atoms with E-state index in [2.05, 4.69) is 0 Å². The number of carbonyl (C=O) groups is 1. The number of hydrogen-bond acceptors (Lipinski definition) is 4. The molecular weight excluding hydrogens is 395 g/mol. The lowest BCUT2D eigenvalue weighted by molar-refractivity contribution is 0.0296. The molecule has 2 heterocycles. The van der Waals surface area contributed by atoms with E-state index in [-0.39, 0.29) is 16.6 Å². The van der Waals surface area contributed by atoms with Crippen LogP contribution in [0.1, 0.15) is 16.1 Å². The zero-order valence-electron chi connectivity index (χ0n) is 16.0. The molecule has 0 unspecified atom stereocenters. The predicted octanol–water partition coefficient (Wildman–Crippen LogP) is 2.70. The highest BCUT2D eigenvalue weighted by atomic mass is 32.2. The number of amides is 1. The molecule has 1 saturated heterocycles. The van der Waals surface area contributed by atoms with Crippen molar-refractivity contribution >= 4 is 26.6 Å². The van der Waals surface area contributed by atoms with E-state index in [0.29, 0.717) is 43.9 Å². The molecule has 0 radical (unpaired) electrons. The highest BCUT2D eigenvalue weighted by molar-refractivity contribution is 7.90. The Morgan fingerprint density at radius 2 is 1.76 bits per heavy atom. The van der Waals surface area contributed by atoms with E-state index in [1.807, 2.05) is 4.57 Å². The smallest absolute Gasteiger partial charge is 0.270 e. The van der Waals surface area contributed by atoms with Gasteiger partial charge in [-0.15, -0.1) is 0 Å². The molecule has 0 bridgehead atoms. The summed E-state index contributed by atoms with van der Waals surface area (Å²) in [4.78, 5) is 15.1. The maximum Gasteiger partial charge on any atom is 0.270 e. The van der Waals surface area contributed by atoms with Crippen LogP contribution in [0.25, 0.3) is 10.9 Å². The van der Waals surface area contributed by atoms with Gasteiger partial charge in [0, 0.05) is 36.8 Å². The third-order valence-corrected chi connectivity index (χ3v) is 6.18. The number of hydrogen-bond donors (Lipinski definition) is 0. The van der Waals surface area contributed by atoms with E-state index in [4.69, 9.17) is 4.74 Å². The fourth-order valence-corrected chi connectivity index (χ4v) is 4.18. The summed E-state index contributed by atoms with van der Waals surface area (Å²) in [7, 11) is -3.37. The minimum Gasteiger partial charge on any atom is -0.378 e. The predicted molar refractivity (Wildman–Crippen MR) is 107 cm³/mol. The van der Waals surface area contributed by atoms with Gasteiger partial charge in [-0.05, 0) is 42.0 Å². The lowest BCUT2D eigenvalue weighted by atomic mass is 10.2. The summed E-state index contributed by atoms with van der Waals surface area (Å²) >= 11 is 0. The second-order valence-corrected chi connectivity index (χ2v) is 9.16. The second kappa shape index (κ2) is 7.61. The van der Waals surface area contributed by atoms with E-state index in [1.165, 1.54) is 12.1 Å². The van der Waals surface area contributed by atoms with Crippen molar-refractivity contribution in [3.8, 4) is 0 Å². The molecule has 8 heteroatoms. The number of sulfone groups is 1. The van der Waals surface area contributed by atoms with Crippen LogP contribution in [0.4, 0.5) is 4.39 Å². The van der Waals surface area contributed by atoms with Gasteiger partial charge in [0.15, 0.2) is 9.84 Å². The van der Waals surface area contributed by atoms with Crippen LogP contribution in [-0.4, -0.2) is 56.4 Å². The average molecular weight is 416 g/mol. The number of nitrogens with zero attached hydrogens (tertiary/aromatic N) is 2. The molecule has 3 aromatic rings. The quantitative estimate of drug-likeness (QED) is 0.656. The molecular formula is C21H21FN2O4S. The Morgan fingerprint density at radius 3 is 2.41 bits per heavy atom. The highest BCUT2D eigenvalue weighted by Gasteiger charge is 2.24. The molecule has 1 amide bonds. The van der Waals surface area contributed by atoms with Crippen LogP contribution >= 0.6 is 0 Å². The maximum atomic E-state index is 13.3. The minimum atomic E-state index is -3.37. The SMILES string of the molecule is CS(=O)(=O)c1ccc2c(c1)cc(C(=O)N1CCOCC1)n2Cc1ccc(F)cc1. The molecule has 2 aromatic carbocycles. The van der Waals surface area contributed by atoms with E-state index >= 15 is 0 Å². The Morgan fingerprint density at radius 1 is 1.07 bits per heavy atom. The molecule has 1 aliphatic rings. The number of rotatable bonds is 4. The van der Waals surface area contributed by atoms with Crippen molar-refractivity contribution in [2.45, 2.75) is 11.4 Å². The van der Waals surface area contributed by atoms with Crippen molar-refractivity contribution in [1.29, 1.82) is 0 Å². The van der Waals surface area contributed by atoms with Crippen LogP contribution in [0, 0.1) is 5.82 Å². The zero-order valence-corrected chi connectivity index (χ0v) is 16.8. The summed E-state index contributed by atoms with van der Waals surface area (Å²) in [5, 5.41) is 0.673. The number of carbonyl (C=O) groups excluding carboxylic acids is 1. The Labute approximate surface area is 168 Å². The molecule has 29 heavy (non-hydrogen) atoms. The highest BCUT2D eigenvalue weighted by Crippen LogP contribution is 2.26. The number of morpholine rings is 1. The van der Waals surface area contributed by atoms with Crippen LogP contribution in [0.2, 0.25) is 0 Å². The van der Waals surface area contributed by atoms with Gasteiger partial charge in [-0.3, -0.25) is 4.79 Å². The van der Waals surface area contributed by atoms with Gasteiger partial charge in [-0.25, -0.2) is 12.8 Å². The molecule has 0 saturated carbocycles. The Hall–Kier alpha value is -2.71. The number of ether oxygens (including phenoxy) is 1. The van der Waals surface area contributed by atoms with Crippen molar-refractivity contribution in [3.63, 3.8) is 0 Å². The standard InChI is InChI=1S/C21H21FN2O4S/c1-29(26,27)18-6-7-19-16(12-18)13-20(21(25)23-8-10-28-11-9-23)24(19)14-15-2-4-17(22)5-3-15/h2-7,12-13H,8-11,14H2,1H3. The molecule has 0 spiro atoms. The van der Waals surface area contributed by atoms with E-state index in [1.54, 1.807) is 41.3 Å². The normalized spacial score (nSPS) is 15.0. The van der Waals surface area contributed by atoms with Gasteiger partial charge in [0.1, 0.15) is 11.5 Å². The van der Waals surface area contributed by atoms with Crippen molar-refractivity contribution < 1.29 is 22.3 Å². The van der Waals surface area contributed by atoms with Crippen LogP contribution < -0.4 is 0 Å². The van der Waals surface area contributed by atoms with Gasteiger partial charge in [0.2, 0.25) is 0 Å². The monoisotopic (exact) mass is 416 g/mol. The molecule has 152 valence electrons. The van der Waals surface area contributed by atoms with Crippen molar-refractivity contribution in [3.05, 3.63) is 65.6 Å². The Balaban J connectivity index is 1.82. The van der Waals surface area contributed by atoms with Crippen molar-refractivity contribution in [2.24, 2.45) is 0 Å². The van der Waals surface area contributed by atoms with Crippen molar-refractivity contribution in [2.75, 3.05) is 32.6 Å². The fourth-order valence-electron chi connectivity index (χ4n) is 3.53. The lowest BCUT2D eigenvalue weighted by Crippen LogP contribution is -2.41. The summed E-state index contributed by atoms with van der Waals surface area (Å²) in [6, 6.07) is 12.7. The second-order valence-electron chi connectivity index (χ2n) is 7.14. The van der Waals surface area contributed by atoms with Crippen LogP contribution in [0.3, 0.4) is 0 Å². The molecule has 4 rings (SSSR count). The van der Waals surface area contributed by atoms with E-state index < -0.39 is 9.84 Å². The van der Waals surface area contributed by atoms with Crippen molar-refractivity contribution in [1.82, 2.24) is 9.47 Å². The molecule has 1 fully saturated rings. The first kappa shape index (κ1) is 19.6. The van der Waals surface area contributed by atoms with E-state index in [9.17, 15) is 17.6 Å². The van der Waals surface area contributed by atoms with Gasteiger partial charge >= 0.3 is 0 Å². The zero-order chi connectivity index (χ0) is 20.6. The van der Waals surface area contributed by atoms with Gasteiger partial charge in [-0.2, -0.15) is 0 Å². The van der Waals surface area contributed by atoms with Crippen LogP contribution in [0.15, 0.2) is 53.4 Å². The molecule has 0 N–H and O–H groups in total. The first-order chi connectivity index (χ1) is 13.8. The fraction of sp³-hybridized carbons (Fsp3) is 0.286. The van der Waals surface area contributed by atoms with Crippen LogP contribution in [0.5, 0.6) is 0 Å². The Kier molecular flexibility index (Phi) is 5.14. The summed E-state index contributed by atoms with van der Waals surface area (Å²) in [5.41, 5.74) is 2.06. The summed E-state index contributed by atoms with van der Waals surface area (Å²) in [5.74, 6) is -0.457. The van der Waals surface area contributed by atoms with Gasteiger partial charge in [0.25, 0.3) is 5.91 Å².